The van der Waals surface area contributed by atoms with Crippen LogP contribution >= 0.6 is 0 Å². The molecule has 0 spiro atoms. The minimum absolute atomic E-state index is 0.0434. The zero-order valence-corrected chi connectivity index (χ0v) is 12.5. The number of ether oxygens (including phenoxy) is 2. The summed E-state index contributed by atoms with van der Waals surface area (Å²) in [7, 11) is 1.32. The monoisotopic (exact) mass is 283 g/mol. The van der Waals surface area contributed by atoms with E-state index in [1.54, 1.807) is 6.07 Å². The maximum Gasteiger partial charge on any atom is 0.308 e. The van der Waals surface area contributed by atoms with Gasteiger partial charge in [0, 0.05) is 18.2 Å². The van der Waals surface area contributed by atoms with E-state index >= 15 is 0 Å². The number of benzene rings is 1. The van der Waals surface area contributed by atoms with Gasteiger partial charge in [-0.3, -0.25) is 4.79 Å². The van der Waals surface area contributed by atoms with Gasteiger partial charge in [0.15, 0.2) is 0 Å². The van der Waals surface area contributed by atoms with Crippen molar-refractivity contribution >= 4 is 5.97 Å². The van der Waals surface area contributed by atoms with Crippen molar-refractivity contribution in [1.82, 2.24) is 5.32 Å². The highest BCUT2D eigenvalue weighted by Gasteiger charge is 2.10. The predicted molar refractivity (Wildman–Crippen MR) is 75.1 cm³/mol. The molecule has 0 bridgehead atoms. The maximum atomic E-state index is 13.5. The lowest BCUT2D eigenvalue weighted by Gasteiger charge is -2.20. The third kappa shape index (κ3) is 6.52. The molecule has 5 heteroatoms. The van der Waals surface area contributed by atoms with E-state index < -0.39 is 0 Å². The van der Waals surface area contributed by atoms with Gasteiger partial charge in [-0.05, 0) is 38.5 Å². The molecular formula is C15H22FNO3. The molecule has 0 fully saturated rings. The third-order valence-corrected chi connectivity index (χ3v) is 2.56. The van der Waals surface area contributed by atoms with Crippen molar-refractivity contribution in [2.45, 2.75) is 39.3 Å². The van der Waals surface area contributed by atoms with E-state index in [0.717, 1.165) is 5.56 Å². The Morgan fingerprint density at radius 3 is 2.60 bits per heavy atom. The van der Waals surface area contributed by atoms with Crippen LogP contribution < -0.4 is 10.1 Å². The molecule has 1 rings (SSSR count). The number of hydrogen-bond donors (Lipinski definition) is 1. The summed E-state index contributed by atoms with van der Waals surface area (Å²) in [4.78, 5) is 11.0. The Morgan fingerprint density at radius 1 is 1.30 bits per heavy atom. The summed E-state index contributed by atoms with van der Waals surface area (Å²) >= 11 is 0. The number of hydrogen-bond acceptors (Lipinski definition) is 4. The van der Waals surface area contributed by atoms with Crippen molar-refractivity contribution in [3.63, 3.8) is 0 Å². The maximum absolute atomic E-state index is 13.5. The van der Waals surface area contributed by atoms with E-state index in [1.807, 2.05) is 20.8 Å². The Labute approximate surface area is 119 Å². The molecule has 0 unspecified atom stereocenters. The van der Waals surface area contributed by atoms with Crippen molar-refractivity contribution in [2.24, 2.45) is 0 Å². The van der Waals surface area contributed by atoms with Crippen LogP contribution in [-0.4, -0.2) is 25.2 Å². The van der Waals surface area contributed by atoms with Crippen LogP contribution in [0.25, 0.3) is 0 Å². The van der Waals surface area contributed by atoms with Gasteiger partial charge in [-0.2, -0.15) is 0 Å². The molecule has 0 radical (unpaired) electrons. The van der Waals surface area contributed by atoms with Crippen molar-refractivity contribution in [3.05, 3.63) is 29.6 Å². The summed E-state index contributed by atoms with van der Waals surface area (Å²) in [6.45, 7) is 6.84. The minimum Gasteiger partial charge on any atom is -0.493 e. The Bertz CT molecular complexity index is 455. The first kappa shape index (κ1) is 16.4. The molecule has 1 aromatic carbocycles. The van der Waals surface area contributed by atoms with E-state index in [0.29, 0.717) is 12.3 Å². The zero-order valence-electron chi connectivity index (χ0n) is 12.5. The summed E-state index contributed by atoms with van der Waals surface area (Å²) < 4.78 is 23.4. The zero-order chi connectivity index (χ0) is 15.2. The average molecular weight is 283 g/mol. The predicted octanol–water partition coefficient (Wildman–Crippen LogP) is 2.66. The molecule has 1 N–H and O–H groups in total. The molecule has 0 atom stereocenters. The Kier molecular flexibility index (Phi) is 5.95. The van der Waals surface area contributed by atoms with Gasteiger partial charge >= 0.3 is 5.97 Å². The van der Waals surface area contributed by atoms with Crippen LogP contribution in [-0.2, 0) is 16.1 Å². The van der Waals surface area contributed by atoms with Crippen LogP contribution in [0.5, 0.6) is 5.75 Å². The van der Waals surface area contributed by atoms with Crippen molar-refractivity contribution in [3.8, 4) is 5.75 Å². The Hall–Kier alpha value is -1.62. The second-order valence-corrected chi connectivity index (χ2v) is 5.57. The highest BCUT2D eigenvalue weighted by atomic mass is 19.1. The number of nitrogens with one attached hydrogen (secondary N) is 1. The molecule has 1 aromatic rings. The second kappa shape index (κ2) is 7.24. The SMILES string of the molecule is COC(=O)CCOc1cc(F)cc(CNC(C)(C)C)c1. The number of carbonyl (C=O) groups is 1. The molecule has 0 aromatic heterocycles. The van der Waals surface area contributed by atoms with Gasteiger partial charge in [0.2, 0.25) is 0 Å². The summed E-state index contributed by atoms with van der Waals surface area (Å²) in [5.41, 5.74) is 0.756. The normalized spacial score (nSPS) is 11.2. The number of rotatable bonds is 6. The van der Waals surface area contributed by atoms with Gasteiger partial charge in [0.25, 0.3) is 0 Å². The summed E-state index contributed by atoms with van der Waals surface area (Å²) in [5.74, 6) is -0.290. The first-order valence-electron chi connectivity index (χ1n) is 6.54. The molecule has 0 aliphatic carbocycles. The molecule has 0 aliphatic rings. The van der Waals surface area contributed by atoms with E-state index in [1.165, 1.54) is 19.2 Å². The second-order valence-electron chi connectivity index (χ2n) is 5.57. The van der Waals surface area contributed by atoms with Gasteiger partial charge in [-0.25, -0.2) is 4.39 Å². The Morgan fingerprint density at radius 2 is 2.00 bits per heavy atom. The van der Waals surface area contributed by atoms with Crippen LogP contribution in [0.15, 0.2) is 18.2 Å². The van der Waals surface area contributed by atoms with Crippen LogP contribution in [0.3, 0.4) is 0 Å². The summed E-state index contributed by atoms with van der Waals surface area (Å²) in [6, 6.07) is 4.53. The molecule has 0 saturated heterocycles. The molecule has 4 nitrogen and oxygen atoms in total. The van der Waals surface area contributed by atoms with Crippen LogP contribution in [0, 0.1) is 5.82 Å². The molecule has 20 heavy (non-hydrogen) atoms. The van der Waals surface area contributed by atoms with E-state index in [4.69, 9.17) is 4.74 Å². The summed E-state index contributed by atoms with van der Waals surface area (Å²) in [5, 5.41) is 3.28. The minimum atomic E-state index is -0.355. The molecule has 0 amide bonds. The Balaban J connectivity index is 2.59. The van der Waals surface area contributed by atoms with Gasteiger partial charge in [0.1, 0.15) is 11.6 Å². The molecule has 112 valence electrons. The number of carbonyl (C=O) groups excluding carboxylic acids is 1. The molecule has 0 aliphatic heterocycles. The first-order chi connectivity index (χ1) is 9.30. The summed E-state index contributed by atoms with van der Waals surface area (Å²) in [6.07, 6.45) is 0.141. The lowest BCUT2D eigenvalue weighted by atomic mass is 10.1. The first-order valence-corrected chi connectivity index (χ1v) is 6.54. The third-order valence-electron chi connectivity index (χ3n) is 2.56. The highest BCUT2D eigenvalue weighted by Crippen LogP contribution is 2.17. The van der Waals surface area contributed by atoms with Crippen LogP contribution in [0.1, 0.15) is 32.8 Å². The molecule has 0 heterocycles. The fourth-order valence-corrected chi connectivity index (χ4v) is 1.53. The van der Waals surface area contributed by atoms with Crippen molar-refractivity contribution < 1.29 is 18.7 Å². The standard InChI is InChI=1S/C15H22FNO3/c1-15(2,3)17-10-11-7-12(16)9-13(8-11)20-6-5-14(18)19-4/h7-9,17H,5-6,10H2,1-4H3. The fourth-order valence-electron chi connectivity index (χ4n) is 1.53. The van der Waals surface area contributed by atoms with Gasteiger partial charge in [0.05, 0.1) is 20.1 Å². The number of esters is 1. The highest BCUT2D eigenvalue weighted by molar-refractivity contribution is 5.69. The lowest BCUT2D eigenvalue weighted by Crippen LogP contribution is -2.35. The van der Waals surface area contributed by atoms with E-state index in [2.05, 4.69) is 10.1 Å². The molecule has 0 saturated carbocycles. The van der Waals surface area contributed by atoms with E-state index in [-0.39, 0.29) is 30.4 Å². The fraction of sp³-hybridized carbons (Fsp3) is 0.533. The van der Waals surface area contributed by atoms with E-state index in [9.17, 15) is 9.18 Å². The smallest absolute Gasteiger partial charge is 0.308 e. The van der Waals surface area contributed by atoms with Gasteiger partial charge in [-0.15, -0.1) is 0 Å². The average Bonchev–Trinajstić information content (AvgIpc) is 2.35. The lowest BCUT2D eigenvalue weighted by molar-refractivity contribution is -0.141. The van der Waals surface area contributed by atoms with Crippen molar-refractivity contribution in [2.75, 3.05) is 13.7 Å². The van der Waals surface area contributed by atoms with Gasteiger partial charge < -0.3 is 14.8 Å². The topological polar surface area (TPSA) is 47.6 Å². The number of halogens is 1. The van der Waals surface area contributed by atoms with Crippen LogP contribution in [0.4, 0.5) is 4.39 Å². The largest absolute Gasteiger partial charge is 0.493 e. The van der Waals surface area contributed by atoms with Gasteiger partial charge in [-0.1, -0.05) is 0 Å². The quantitative estimate of drug-likeness (QED) is 0.815. The van der Waals surface area contributed by atoms with Crippen LogP contribution in [0.2, 0.25) is 0 Å². The van der Waals surface area contributed by atoms with Crippen molar-refractivity contribution in [1.29, 1.82) is 0 Å². The number of methoxy groups -OCH3 is 1. The molecular weight excluding hydrogens is 261 g/mol.